The summed E-state index contributed by atoms with van der Waals surface area (Å²) in [6.45, 7) is 0.664. The molecule has 0 saturated carbocycles. The average molecular weight is 494 g/mol. The smallest absolute Gasteiger partial charge is 0.306 e. The minimum atomic E-state index is -3.75. The lowest BCUT2D eigenvalue weighted by atomic mass is 10.2. The second-order valence-electron chi connectivity index (χ2n) is 6.98. The Kier molecular flexibility index (Phi) is 7.11. The Morgan fingerprint density at radius 3 is 2.61 bits per heavy atom. The minimum absolute atomic E-state index is 0.0157. The predicted molar refractivity (Wildman–Crippen MR) is 116 cm³/mol. The van der Waals surface area contributed by atoms with E-state index >= 15 is 0 Å². The van der Waals surface area contributed by atoms with Crippen molar-refractivity contribution in [2.24, 2.45) is 0 Å². The van der Waals surface area contributed by atoms with Gasteiger partial charge in [-0.05, 0) is 42.8 Å². The maximum atomic E-state index is 12.5. The average Bonchev–Trinajstić information content (AvgIpc) is 3.30. The van der Waals surface area contributed by atoms with Crippen LogP contribution in [0.5, 0.6) is 11.5 Å². The van der Waals surface area contributed by atoms with Gasteiger partial charge in [0.25, 0.3) is 5.89 Å². The van der Waals surface area contributed by atoms with Gasteiger partial charge in [-0.15, -0.1) is 10.2 Å². The molecule has 10 nitrogen and oxygen atoms in total. The van der Waals surface area contributed by atoms with E-state index in [1.54, 1.807) is 30.3 Å². The molecule has 3 aromatic rings. The van der Waals surface area contributed by atoms with Crippen LogP contribution in [0.2, 0.25) is 5.02 Å². The first kappa shape index (κ1) is 23.0. The second-order valence-corrected chi connectivity index (χ2v) is 9.18. The maximum absolute atomic E-state index is 12.5. The van der Waals surface area contributed by atoms with Crippen LogP contribution in [-0.2, 0) is 26.2 Å². The molecule has 1 aliphatic heterocycles. The topological polar surface area (TPSA) is 130 Å². The number of fused-ring (bicyclic) bond motifs is 1. The zero-order chi connectivity index (χ0) is 23.3. The quantitative estimate of drug-likeness (QED) is 0.353. The molecule has 1 N–H and O–H groups in total. The third-order valence-electron chi connectivity index (χ3n) is 4.59. The van der Waals surface area contributed by atoms with Crippen LogP contribution >= 0.6 is 11.6 Å². The van der Waals surface area contributed by atoms with Crippen molar-refractivity contribution in [2.45, 2.75) is 24.3 Å². The zero-order valence-corrected chi connectivity index (χ0v) is 18.9. The van der Waals surface area contributed by atoms with Crippen LogP contribution < -0.4 is 14.2 Å². The van der Waals surface area contributed by atoms with Gasteiger partial charge in [0.15, 0.2) is 18.1 Å². The van der Waals surface area contributed by atoms with Crippen molar-refractivity contribution in [3.8, 4) is 23.0 Å². The summed E-state index contributed by atoms with van der Waals surface area (Å²) in [7, 11) is -3.75. The Morgan fingerprint density at radius 1 is 1.06 bits per heavy atom. The third-order valence-corrected chi connectivity index (χ3v) is 6.30. The fraction of sp³-hybridized carbons (Fsp3) is 0.286. The SMILES string of the molecule is O=C(CCCNS(=O)(=O)c1ccc2c(c1)OCCO2)OCc1nnc(-c2ccc(Cl)cc2)o1. The predicted octanol–water partition coefficient (Wildman–Crippen LogP) is 2.96. The van der Waals surface area contributed by atoms with Gasteiger partial charge in [0.1, 0.15) is 13.2 Å². The molecule has 0 bridgehead atoms. The number of carbonyl (C=O) groups is 1. The number of hydrogen-bond acceptors (Lipinski definition) is 9. The van der Waals surface area contributed by atoms with Crippen molar-refractivity contribution in [1.29, 1.82) is 0 Å². The van der Waals surface area contributed by atoms with Crippen LogP contribution in [0, 0.1) is 0 Å². The van der Waals surface area contributed by atoms with Crippen LogP contribution in [0.4, 0.5) is 0 Å². The maximum Gasteiger partial charge on any atom is 0.306 e. The minimum Gasteiger partial charge on any atom is -0.486 e. The van der Waals surface area contributed by atoms with Crippen molar-refractivity contribution < 1.29 is 31.8 Å². The van der Waals surface area contributed by atoms with Gasteiger partial charge >= 0.3 is 5.97 Å². The molecular weight excluding hydrogens is 474 g/mol. The summed E-state index contributed by atoms with van der Waals surface area (Å²) in [5.41, 5.74) is 0.690. The first-order valence-electron chi connectivity index (χ1n) is 10.0. The van der Waals surface area contributed by atoms with Crippen molar-refractivity contribution in [3.05, 3.63) is 53.4 Å². The Bertz CT molecular complexity index is 1230. The molecule has 12 heteroatoms. The standard InChI is InChI=1S/C21H20ClN3O7S/c22-15-5-3-14(4-6-15)21-25-24-19(32-21)13-31-20(26)2-1-9-23-33(27,28)16-7-8-17-18(12-16)30-11-10-29-17/h3-8,12,23H,1-2,9-11,13H2. The number of benzene rings is 2. The molecule has 0 aliphatic carbocycles. The number of nitrogens with one attached hydrogen (secondary N) is 1. The molecule has 0 amide bonds. The molecule has 0 radical (unpaired) electrons. The Hall–Kier alpha value is -3.15. The number of sulfonamides is 1. The van der Waals surface area contributed by atoms with Gasteiger partial charge < -0.3 is 18.6 Å². The number of hydrogen-bond donors (Lipinski definition) is 1. The molecule has 0 spiro atoms. The first-order chi connectivity index (χ1) is 15.9. The van der Waals surface area contributed by atoms with Crippen molar-refractivity contribution in [1.82, 2.24) is 14.9 Å². The lowest BCUT2D eigenvalue weighted by Crippen LogP contribution is -2.25. The highest BCUT2D eigenvalue weighted by Gasteiger charge is 2.19. The van der Waals surface area contributed by atoms with Gasteiger partial charge in [-0.1, -0.05) is 11.6 Å². The van der Waals surface area contributed by atoms with E-state index in [9.17, 15) is 13.2 Å². The molecule has 0 saturated heterocycles. The van der Waals surface area contributed by atoms with Gasteiger partial charge in [0.05, 0.1) is 4.90 Å². The summed E-state index contributed by atoms with van der Waals surface area (Å²) < 4.78 is 48.7. The molecule has 0 fully saturated rings. The van der Waals surface area contributed by atoms with Crippen LogP contribution in [-0.4, -0.2) is 44.3 Å². The van der Waals surface area contributed by atoms with Gasteiger partial charge in [-0.2, -0.15) is 0 Å². The lowest BCUT2D eigenvalue weighted by molar-refractivity contribution is -0.145. The fourth-order valence-corrected chi connectivity index (χ4v) is 4.16. The van der Waals surface area contributed by atoms with Crippen LogP contribution in [0.25, 0.3) is 11.5 Å². The highest BCUT2D eigenvalue weighted by Crippen LogP contribution is 2.32. The number of rotatable bonds is 9. The van der Waals surface area contributed by atoms with E-state index in [-0.39, 0.29) is 42.7 Å². The Labute approximate surface area is 194 Å². The monoisotopic (exact) mass is 493 g/mol. The summed E-state index contributed by atoms with van der Waals surface area (Å²) in [4.78, 5) is 12.0. The molecule has 0 unspecified atom stereocenters. The number of nitrogens with zero attached hydrogens (tertiary/aromatic N) is 2. The van der Waals surface area contributed by atoms with Gasteiger partial charge in [0.2, 0.25) is 15.9 Å². The molecule has 1 aromatic heterocycles. The molecule has 4 rings (SSSR count). The normalized spacial score (nSPS) is 13.0. The van der Waals surface area contributed by atoms with Crippen LogP contribution in [0.15, 0.2) is 51.8 Å². The Morgan fingerprint density at radius 2 is 1.82 bits per heavy atom. The second kappa shape index (κ2) is 10.2. The highest BCUT2D eigenvalue weighted by molar-refractivity contribution is 7.89. The fourth-order valence-electron chi connectivity index (χ4n) is 2.95. The molecule has 174 valence electrons. The van der Waals surface area contributed by atoms with E-state index in [4.69, 9.17) is 30.2 Å². The van der Waals surface area contributed by atoms with Crippen molar-refractivity contribution in [2.75, 3.05) is 19.8 Å². The highest BCUT2D eigenvalue weighted by atomic mass is 35.5. The summed E-state index contributed by atoms with van der Waals surface area (Å²) in [5.74, 6) is 0.802. The number of carbonyl (C=O) groups excluding carboxylic acids is 1. The molecule has 33 heavy (non-hydrogen) atoms. The number of esters is 1. The van der Waals surface area contributed by atoms with Gasteiger partial charge in [0, 0.05) is 29.6 Å². The van der Waals surface area contributed by atoms with Gasteiger partial charge in [-0.25, -0.2) is 13.1 Å². The van der Waals surface area contributed by atoms with E-state index < -0.39 is 16.0 Å². The molecule has 2 heterocycles. The molecule has 2 aromatic carbocycles. The van der Waals surface area contributed by atoms with Crippen LogP contribution in [0.1, 0.15) is 18.7 Å². The lowest BCUT2D eigenvalue weighted by Gasteiger charge is -2.18. The molecule has 1 aliphatic rings. The number of ether oxygens (including phenoxy) is 3. The largest absolute Gasteiger partial charge is 0.486 e. The number of aromatic nitrogens is 2. The molecule has 0 atom stereocenters. The number of halogens is 1. The summed E-state index contributed by atoms with van der Waals surface area (Å²) in [6, 6.07) is 11.3. The Balaban J connectivity index is 1.20. The van der Waals surface area contributed by atoms with E-state index in [1.807, 2.05) is 0 Å². The van der Waals surface area contributed by atoms with E-state index in [1.165, 1.54) is 12.1 Å². The zero-order valence-electron chi connectivity index (χ0n) is 17.3. The molecular formula is C21H20ClN3O7S. The first-order valence-corrected chi connectivity index (χ1v) is 11.9. The summed E-state index contributed by atoms with van der Waals surface area (Å²) >= 11 is 5.85. The summed E-state index contributed by atoms with van der Waals surface area (Å²) in [5, 5.41) is 8.33. The van der Waals surface area contributed by atoms with E-state index in [0.29, 0.717) is 35.3 Å². The van der Waals surface area contributed by atoms with Crippen LogP contribution in [0.3, 0.4) is 0 Å². The van der Waals surface area contributed by atoms with E-state index in [2.05, 4.69) is 14.9 Å². The van der Waals surface area contributed by atoms with Gasteiger partial charge in [-0.3, -0.25) is 4.79 Å². The van der Waals surface area contributed by atoms with Crippen molar-refractivity contribution in [3.63, 3.8) is 0 Å². The summed E-state index contributed by atoms with van der Waals surface area (Å²) in [6.07, 6.45) is 0.268. The third kappa shape index (κ3) is 6.01. The van der Waals surface area contributed by atoms with E-state index in [0.717, 1.165) is 0 Å². The van der Waals surface area contributed by atoms with Crippen molar-refractivity contribution >= 4 is 27.6 Å².